The van der Waals surface area contributed by atoms with Crippen molar-refractivity contribution in [3.63, 3.8) is 0 Å². The normalized spacial score (nSPS) is 12.5. The maximum Gasteiger partial charge on any atom is 0.453 e. The molecule has 2 rings (SSSR count). The van der Waals surface area contributed by atoms with E-state index in [4.69, 9.17) is 10.5 Å². The summed E-state index contributed by atoms with van der Waals surface area (Å²) in [6.07, 6.45) is -7.08. The van der Waals surface area contributed by atoms with E-state index < -0.39 is 18.5 Å². The van der Waals surface area contributed by atoms with E-state index in [0.29, 0.717) is 12.3 Å². The highest BCUT2D eigenvalue weighted by Crippen LogP contribution is 2.39. The van der Waals surface area contributed by atoms with Crippen LogP contribution in [0.1, 0.15) is 11.1 Å². The molecule has 2 N–H and O–H groups in total. The van der Waals surface area contributed by atoms with Crippen molar-refractivity contribution in [2.24, 2.45) is 0 Å². The maximum atomic E-state index is 13.2. The van der Waals surface area contributed by atoms with Gasteiger partial charge in [-0.3, -0.25) is 0 Å². The van der Waals surface area contributed by atoms with Crippen LogP contribution in [0.5, 0.6) is 11.5 Å². The van der Waals surface area contributed by atoms with Crippen molar-refractivity contribution in [3.8, 4) is 11.5 Å². The number of rotatable bonds is 6. The average Bonchev–Trinajstić information content (AvgIpc) is 2.49. The molecule has 3 nitrogen and oxygen atoms in total. The summed E-state index contributed by atoms with van der Waals surface area (Å²) in [4.78, 5) is 1.94. The van der Waals surface area contributed by atoms with Crippen molar-refractivity contribution >= 4 is 5.69 Å². The van der Waals surface area contributed by atoms with E-state index in [1.54, 1.807) is 12.1 Å². The van der Waals surface area contributed by atoms with Gasteiger partial charge >= 0.3 is 12.1 Å². The van der Waals surface area contributed by atoms with Crippen molar-refractivity contribution in [2.45, 2.75) is 25.1 Å². The monoisotopic (exact) mass is 374 g/mol. The van der Waals surface area contributed by atoms with Crippen molar-refractivity contribution in [1.29, 1.82) is 0 Å². The van der Waals surface area contributed by atoms with Crippen LogP contribution in [0.3, 0.4) is 0 Å². The van der Waals surface area contributed by atoms with E-state index in [1.165, 1.54) is 6.07 Å². The number of nitrogen functional groups attached to an aromatic ring is 1. The molecule has 0 saturated heterocycles. The van der Waals surface area contributed by atoms with Crippen molar-refractivity contribution < 1.29 is 26.7 Å². The first-order chi connectivity index (χ1) is 12.0. The molecule has 0 aliphatic carbocycles. The van der Waals surface area contributed by atoms with E-state index in [2.05, 4.69) is 0 Å². The van der Waals surface area contributed by atoms with Gasteiger partial charge in [0.1, 0.15) is 11.5 Å². The van der Waals surface area contributed by atoms with Crippen LogP contribution in [0, 0.1) is 0 Å². The van der Waals surface area contributed by atoms with Gasteiger partial charge in [0.15, 0.2) is 0 Å². The van der Waals surface area contributed by atoms with E-state index in [-0.39, 0.29) is 17.0 Å². The summed E-state index contributed by atoms with van der Waals surface area (Å²) in [6.45, 7) is 0.603. The van der Waals surface area contributed by atoms with Gasteiger partial charge in [-0.15, -0.1) is 0 Å². The summed E-state index contributed by atoms with van der Waals surface area (Å²) < 4.78 is 69.0. The zero-order valence-corrected chi connectivity index (χ0v) is 14.3. The Morgan fingerprint density at radius 1 is 0.962 bits per heavy atom. The zero-order chi connectivity index (χ0) is 19.5. The minimum Gasteiger partial charge on any atom is -0.455 e. The third kappa shape index (κ3) is 4.85. The van der Waals surface area contributed by atoms with Crippen molar-refractivity contribution in [3.05, 3.63) is 53.6 Å². The van der Waals surface area contributed by atoms with Crippen LogP contribution in [-0.4, -0.2) is 31.1 Å². The molecule has 142 valence electrons. The fraction of sp³-hybridized carbons (Fsp3) is 0.333. The Labute approximate surface area is 148 Å². The van der Waals surface area contributed by atoms with Gasteiger partial charge < -0.3 is 15.4 Å². The highest BCUT2D eigenvalue weighted by atomic mass is 19.4. The van der Waals surface area contributed by atoms with E-state index in [0.717, 1.165) is 17.7 Å². The van der Waals surface area contributed by atoms with Crippen LogP contribution in [-0.2, 0) is 13.0 Å². The Morgan fingerprint density at radius 2 is 1.62 bits per heavy atom. The number of anilines is 1. The number of alkyl halides is 5. The lowest BCUT2D eigenvalue weighted by Gasteiger charge is -2.20. The average molecular weight is 374 g/mol. The SMILES string of the molecule is CN(C)Cc1ccccc1Oc1ccc(CC(F)(F)C(F)(F)F)cc1N. The summed E-state index contributed by atoms with van der Waals surface area (Å²) in [5.41, 5.74) is 6.43. The lowest BCUT2D eigenvalue weighted by molar-refractivity contribution is -0.281. The third-order valence-electron chi connectivity index (χ3n) is 3.59. The van der Waals surface area contributed by atoms with E-state index in [9.17, 15) is 22.0 Å². The molecule has 0 atom stereocenters. The molecule has 2 aromatic rings. The van der Waals surface area contributed by atoms with Gasteiger partial charge in [-0.05, 0) is 37.9 Å². The molecule has 0 heterocycles. The molecule has 0 unspecified atom stereocenters. The summed E-state index contributed by atoms with van der Waals surface area (Å²) in [5, 5.41) is 0. The Hall–Kier alpha value is -2.35. The van der Waals surface area contributed by atoms with Gasteiger partial charge in [-0.25, -0.2) is 0 Å². The Bertz CT molecular complexity index is 759. The highest BCUT2D eigenvalue weighted by molar-refractivity contribution is 5.56. The lowest BCUT2D eigenvalue weighted by Crippen LogP contribution is -2.38. The number of halogens is 5. The second-order valence-electron chi connectivity index (χ2n) is 6.20. The van der Waals surface area contributed by atoms with Crippen LogP contribution in [0.2, 0.25) is 0 Å². The molecule has 0 fully saturated rings. The van der Waals surface area contributed by atoms with Gasteiger partial charge in [0, 0.05) is 18.5 Å². The van der Waals surface area contributed by atoms with Crippen LogP contribution >= 0.6 is 0 Å². The topological polar surface area (TPSA) is 38.5 Å². The molecule has 0 bridgehead atoms. The van der Waals surface area contributed by atoms with Gasteiger partial charge in [-0.1, -0.05) is 24.3 Å². The number of para-hydroxylation sites is 1. The first kappa shape index (κ1) is 20.0. The molecule has 0 aliphatic heterocycles. The summed E-state index contributed by atoms with van der Waals surface area (Å²) in [7, 11) is 3.78. The summed E-state index contributed by atoms with van der Waals surface area (Å²) in [5.74, 6) is -4.10. The number of benzene rings is 2. The van der Waals surface area contributed by atoms with E-state index in [1.807, 2.05) is 31.1 Å². The minimum absolute atomic E-state index is 0.0138. The molecule has 0 spiro atoms. The molecule has 26 heavy (non-hydrogen) atoms. The quantitative estimate of drug-likeness (QED) is 0.580. The van der Waals surface area contributed by atoms with Gasteiger partial charge in [0.25, 0.3) is 0 Å². The van der Waals surface area contributed by atoms with Crippen molar-refractivity contribution in [1.82, 2.24) is 4.90 Å². The van der Waals surface area contributed by atoms with Crippen LogP contribution in [0.25, 0.3) is 0 Å². The maximum absolute atomic E-state index is 13.2. The number of hydrogen-bond acceptors (Lipinski definition) is 3. The molecule has 0 aromatic heterocycles. The lowest BCUT2D eigenvalue weighted by atomic mass is 10.1. The minimum atomic E-state index is -5.61. The number of nitrogens with two attached hydrogens (primary N) is 1. The predicted molar refractivity (Wildman–Crippen MR) is 89.5 cm³/mol. The Kier molecular flexibility index (Phi) is 5.75. The number of nitrogens with zero attached hydrogens (tertiary/aromatic N) is 1. The number of hydrogen-bond donors (Lipinski definition) is 1. The molecular formula is C18H19F5N2O. The predicted octanol–water partition coefficient (Wildman–Crippen LogP) is 4.86. The summed E-state index contributed by atoms with van der Waals surface area (Å²) >= 11 is 0. The Balaban J connectivity index is 2.21. The van der Waals surface area contributed by atoms with Crippen LogP contribution in [0.4, 0.5) is 27.6 Å². The van der Waals surface area contributed by atoms with Crippen molar-refractivity contribution in [2.75, 3.05) is 19.8 Å². The first-order valence-corrected chi connectivity index (χ1v) is 7.73. The second kappa shape index (κ2) is 7.49. The molecule has 2 aromatic carbocycles. The zero-order valence-electron chi connectivity index (χ0n) is 14.3. The first-order valence-electron chi connectivity index (χ1n) is 7.73. The van der Waals surface area contributed by atoms with Crippen LogP contribution < -0.4 is 10.5 Å². The summed E-state index contributed by atoms with van der Waals surface area (Å²) in [6, 6.07) is 10.7. The largest absolute Gasteiger partial charge is 0.455 e. The van der Waals surface area contributed by atoms with Gasteiger partial charge in [0.2, 0.25) is 0 Å². The Morgan fingerprint density at radius 3 is 2.19 bits per heavy atom. The molecule has 0 aliphatic rings. The smallest absolute Gasteiger partial charge is 0.453 e. The molecular weight excluding hydrogens is 355 g/mol. The molecule has 8 heteroatoms. The molecule has 0 radical (unpaired) electrons. The second-order valence-corrected chi connectivity index (χ2v) is 6.20. The third-order valence-corrected chi connectivity index (χ3v) is 3.59. The van der Waals surface area contributed by atoms with Crippen LogP contribution in [0.15, 0.2) is 42.5 Å². The molecule has 0 saturated carbocycles. The highest BCUT2D eigenvalue weighted by Gasteiger charge is 2.57. The fourth-order valence-electron chi connectivity index (χ4n) is 2.35. The van der Waals surface area contributed by atoms with Gasteiger partial charge in [-0.2, -0.15) is 22.0 Å². The van der Waals surface area contributed by atoms with E-state index >= 15 is 0 Å². The fourth-order valence-corrected chi connectivity index (χ4v) is 2.35. The standard InChI is InChI=1S/C18H19F5N2O/c1-25(2)11-13-5-3-4-6-15(13)26-16-8-7-12(9-14(16)24)10-17(19,20)18(21,22)23/h3-9H,10-11,24H2,1-2H3. The molecule has 0 amide bonds. The number of ether oxygens (including phenoxy) is 1. The van der Waals surface area contributed by atoms with Gasteiger partial charge in [0.05, 0.1) is 5.69 Å².